The van der Waals surface area contributed by atoms with Crippen LogP contribution in [0.3, 0.4) is 0 Å². The lowest BCUT2D eigenvalue weighted by Gasteiger charge is -2.20. The highest BCUT2D eigenvalue weighted by atomic mass is 16.6. The summed E-state index contributed by atoms with van der Waals surface area (Å²) in [6, 6.07) is 13.9. The Morgan fingerprint density at radius 1 is 1.04 bits per heavy atom. The molecule has 0 radical (unpaired) electrons. The molecule has 2 rings (SSSR count). The zero-order valence-electron chi connectivity index (χ0n) is 15.0. The molecular weight excluding hydrogens is 300 g/mol. The summed E-state index contributed by atoms with van der Waals surface area (Å²) in [6.45, 7) is 4.15. The van der Waals surface area contributed by atoms with Gasteiger partial charge in [0.2, 0.25) is 0 Å². The van der Waals surface area contributed by atoms with Gasteiger partial charge in [-0.25, -0.2) is 4.79 Å². The van der Waals surface area contributed by atoms with Gasteiger partial charge < -0.3 is 9.47 Å². The Balaban J connectivity index is 2.05. The van der Waals surface area contributed by atoms with Gasteiger partial charge in [0, 0.05) is 7.11 Å². The molecule has 0 saturated heterocycles. The summed E-state index contributed by atoms with van der Waals surface area (Å²) in [5.74, 6) is -0.308. The first kappa shape index (κ1) is 18.5. The van der Waals surface area contributed by atoms with Crippen LogP contribution in [0.1, 0.15) is 57.6 Å². The number of carbonyl (C=O) groups excluding carboxylic acids is 1. The molecule has 0 N–H and O–H groups in total. The molecule has 0 fully saturated rings. The van der Waals surface area contributed by atoms with E-state index in [9.17, 15) is 4.79 Å². The van der Waals surface area contributed by atoms with E-state index < -0.39 is 6.10 Å². The summed E-state index contributed by atoms with van der Waals surface area (Å²) in [5.41, 5.74) is 0.860. The summed E-state index contributed by atoms with van der Waals surface area (Å²) in [4.78, 5) is 12.6. The maximum atomic E-state index is 12.6. The van der Waals surface area contributed by atoms with E-state index >= 15 is 0 Å². The van der Waals surface area contributed by atoms with Crippen molar-refractivity contribution >= 4 is 16.7 Å². The summed E-state index contributed by atoms with van der Waals surface area (Å²) in [5, 5.41) is 2.12. The Bertz CT molecular complexity index is 645. The SMILES string of the molecule is CCCCCC[C@@H](C)OC(=O)[C@H](OC)c1cccc2ccccc12. The second kappa shape index (κ2) is 9.43. The minimum atomic E-state index is -0.686. The number of carbonyl (C=O) groups is 1. The average Bonchev–Trinajstić information content (AvgIpc) is 2.59. The molecule has 0 unspecified atom stereocenters. The van der Waals surface area contributed by atoms with E-state index in [1.165, 1.54) is 19.3 Å². The van der Waals surface area contributed by atoms with Crippen LogP contribution in [0.5, 0.6) is 0 Å². The van der Waals surface area contributed by atoms with E-state index in [0.29, 0.717) is 0 Å². The van der Waals surface area contributed by atoms with E-state index in [1.54, 1.807) is 7.11 Å². The fraction of sp³-hybridized carbons (Fsp3) is 0.476. The third kappa shape index (κ3) is 4.81. The zero-order chi connectivity index (χ0) is 17.4. The van der Waals surface area contributed by atoms with E-state index in [1.807, 2.05) is 49.4 Å². The van der Waals surface area contributed by atoms with Crippen LogP contribution in [0, 0.1) is 0 Å². The Morgan fingerprint density at radius 3 is 2.54 bits per heavy atom. The molecule has 0 heterocycles. The van der Waals surface area contributed by atoms with Crippen molar-refractivity contribution in [3.05, 3.63) is 48.0 Å². The number of esters is 1. The van der Waals surface area contributed by atoms with Gasteiger partial charge in [-0.05, 0) is 36.1 Å². The van der Waals surface area contributed by atoms with E-state index in [0.717, 1.165) is 29.2 Å². The Kier molecular flexibility index (Phi) is 7.26. The van der Waals surface area contributed by atoms with Gasteiger partial charge in [0.15, 0.2) is 6.10 Å². The Hall–Kier alpha value is -1.87. The van der Waals surface area contributed by atoms with Crippen molar-refractivity contribution in [1.82, 2.24) is 0 Å². The molecule has 0 spiro atoms. The van der Waals surface area contributed by atoms with Gasteiger partial charge >= 0.3 is 5.97 Å². The van der Waals surface area contributed by atoms with E-state index in [4.69, 9.17) is 9.47 Å². The van der Waals surface area contributed by atoms with Crippen LogP contribution >= 0.6 is 0 Å². The molecule has 0 aliphatic carbocycles. The second-order valence-electron chi connectivity index (χ2n) is 6.28. The molecule has 2 aromatic rings. The van der Waals surface area contributed by atoms with Crippen LogP contribution in [-0.2, 0) is 14.3 Å². The first-order valence-electron chi connectivity index (χ1n) is 8.88. The maximum Gasteiger partial charge on any atom is 0.340 e. The van der Waals surface area contributed by atoms with E-state index in [2.05, 4.69) is 6.92 Å². The van der Waals surface area contributed by atoms with Crippen LogP contribution < -0.4 is 0 Å². The third-order valence-corrected chi connectivity index (χ3v) is 4.34. The van der Waals surface area contributed by atoms with Gasteiger partial charge in [0.05, 0.1) is 6.10 Å². The lowest BCUT2D eigenvalue weighted by molar-refractivity contribution is -0.160. The van der Waals surface area contributed by atoms with Crippen molar-refractivity contribution in [1.29, 1.82) is 0 Å². The van der Waals surface area contributed by atoms with Gasteiger partial charge in [-0.3, -0.25) is 0 Å². The third-order valence-electron chi connectivity index (χ3n) is 4.34. The van der Waals surface area contributed by atoms with Gasteiger partial charge in [-0.2, -0.15) is 0 Å². The van der Waals surface area contributed by atoms with Crippen LogP contribution in [-0.4, -0.2) is 19.2 Å². The number of fused-ring (bicyclic) bond motifs is 1. The van der Waals surface area contributed by atoms with Crippen molar-refractivity contribution < 1.29 is 14.3 Å². The highest BCUT2D eigenvalue weighted by Crippen LogP contribution is 2.27. The molecule has 2 aromatic carbocycles. The number of hydrogen-bond acceptors (Lipinski definition) is 3. The fourth-order valence-electron chi connectivity index (χ4n) is 3.01. The normalized spacial score (nSPS) is 13.6. The number of hydrogen-bond donors (Lipinski definition) is 0. The van der Waals surface area contributed by atoms with Crippen molar-refractivity contribution in [3.8, 4) is 0 Å². The van der Waals surface area contributed by atoms with Gasteiger partial charge in [0.25, 0.3) is 0 Å². The highest BCUT2D eigenvalue weighted by molar-refractivity contribution is 5.90. The van der Waals surface area contributed by atoms with Gasteiger partial charge in [0.1, 0.15) is 0 Å². The molecule has 0 aromatic heterocycles. The minimum Gasteiger partial charge on any atom is -0.460 e. The summed E-state index contributed by atoms with van der Waals surface area (Å²) < 4.78 is 11.1. The number of rotatable bonds is 9. The largest absolute Gasteiger partial charge is 0.460 e. The van der Waals surface area contributed by atoms with Crippen LogP contribution in [0.15, 0.2) is 42.5 Å². The number of unbranched alkanes of at least 4 members (excludes halogenated alkanes) is 3. The maximum absolute atomic E-state index is 12.6. The monoisotopic (exact) mass is 328 g/mol. The number of ether oxygens (including phenoxy) is 2. The smallest absolute Gasteiger partial charge is 0.340 e. The molecule has 2 atom stereocenters. The van der Waals surface area contributed by atoms with Crippen LogP contribution in [0.4, 0.5) is 0 Å². The molecule has 0 aliphatic rings. The van der Waals surface area contributed by atoms with Crippen molar-refractivity contribution in [2.45, 2.75) is 58.2 Å². The Labute approximate surface area is 145 Å². The van der Waals surface area contributed by atoms with Crippen LogP contribution in [0.25, 0.3) is 10.8 Å². The molecule has 3 heteroatoms. The minimum absolute atomic E-state index is 0.0815. The molecule has 0 bridgehead atoms. The molecular formula is C21H28O3. The zero-order valence-corrected chi connectivity index (χ0v) is 15.0. The molecule has 0 saturated carbocycles. The van der Waals surface area contributed by atoms with Crippen molar-refractivity contribution in [2.75, 3.05) is 7.11 Å². The Morgan fingerprint density at radius 2 is 1.79 bits per heavy atom. The van der Waals surface area contributed by atoms with Crippen molar-refractivity contribution in [3.63, 3.8) is 0 Å². The highest BCUT2D eigenvalue weighted by Gasteiger charge is 2.25. The quantitative estimate of drug-likeness (QED) is 0.455. The lowest BCUT2D eigenvalue weighted by Crippen LogP contribution is -2.22. The van der Waals surface area contributed by atoms with Gasteiger partial charge in [-0.15, -0.1) is 0 Å². The summed E-state index contributed by atoms with van der Waals surface area (Å²) >= 11 is 0. The molecule has 24 heavy (non-hydrogen) atoms. The summed E-state index contributed by atoms with van der Waals surface area (Å²) in [7, 11) is 1.56. The topological polar surface area (TPSA) is 35.5 Å². The molecule has 0 amide bonds. The number of benzene rings is 2. The predicted molar refractivity (Wildman–Crippen MR) is 98.0 cm³/mol. The van der Waals surface area contributed by atoms with Crippen molar-refractivity contribution in [2.24, 2.45) is 0 Å². The second-order valence-corrected chi connectivity index (χ2v) is 6.28. The average molecular weight is 328 g/mol. The first-order chi connectivity index (χ1) is 11.7. The van der Waals surface area contributed by atoms with Crippen LogP contribution in [0.2, 0.25) is 0 Å². The standard InChI is InChI=1S/C21H28O3/c1-4-5-6-7-11-16(2)24-21(22)20(23-3)19-15-10-13-17-12-8-9-14-18(17)19/h8-10,12-16,20H,4-7,11H2,1-3H3/t16-,20-/m1/s1. The molecule has 0 aliphatic heterocycles. The fourth-order valence-corrected chi connectivity index (χ4v) is 3.01. The molecule has 3 nitrogen and oxygen atoms in total. The van der Waals surface area contributed by atoms with Gasteiger partial charge in [-0.1, -0.05) is 68.7 Å². The molecule has 130 valence electrons. The first-order valence-corrected chi connectivity index (χ1v) is 8.88. The van der Waals surface area contributed by atoms with E-state index in [-0.39, 0.29) is 12.1 Å². The predicted octanol–water partition coefficient (Wildman–Crippen LogP) is 5.43. The number of methoxy groups -OCH3 is 1. The lowest BCUT2D eigenvalue weighted by atomic mass is 10.0. The summed E-state index contributed by atoms with van der Waals surface area (Å²) in [6.07, 6.45) is 4.86.